The van der Waals surface area contributed by atoms with Crippen molar-refractivity contribution in [3.8, 4) is 5.75 Å². The smallest absolute Gasteiger partial charge is 0.255 e. The third kappa shape index (κ3) is 4.67. The molecule has 4 nitrogen and oxygen atoms in total. The average Bonchev–Trinajstić information content (AvgIpc) is 2.37. The standard InChI is InChI=1S/C14H21NO3S/c1-14(2,3)19(17)10-9-15-13(16)11-7-5-6-8-12(11)18-4/h5-8H,9-10H2,1-4H3,(H,15,16). The van der Waals surface area contributed by atoms with E-state index in [1.54, 1.807) is 18.2 Å². The highest BCUT2D eigenvalue weighted by Gasteiger charge is 2.19. The first-order valence-electron chi connectivity index (χ1n) is 6.16. The second-order valence-corrected chi connectivity index (χ2v) is 7.44. The molecule has 0 spiro atoms. The number of nitrogens with one attached hydrogen (secondary N) is 1. The third-order valence-corrected chi connectivity index (χ3v) is 4.55. The van der Waals surface area contributed by atoms with Crippen LogP contribution in [0.1, 0.15) is 31.1 Å². The van der Waals surface area contributed by atoms with Crippen LogP contribution in [-0.2, 0) is 10.8 Å². The maximum absolute atomic E-state index is 12.0. The van der Waals surface area contributed by atoms with E-state index >= 15 is 0 Å². The van der Waals surface area contributed by atoms with Crippen molar-refractivity contribution >= 4 is 16.7 Å². The van der Waals surface area contributed by atoms with E-state index in [-0.39, 0.29) is 10.7 Å². The minimum Gasteiger partial charge on any atom is -0.496 e. The van der Waals surface area contributed by atoms with Crippen LogP contribution in [0.3, 0.4) is 0 Å². The summed E-state index contributed by atoms with van der Waals surface area (Å²) in [6.07, 6.45) is 0. The molecule has 0 aromatic heterocycles. The van der Waals surface area contributed by atoms with Gasteiger partial charge in [0.15, 0.2) is 0 Å². The molecule has 1 aromatic carbocycles. The van der Waals surface area contributed by atoms with Gasteiger partial charge < -0.3 is 10.1 Å². The van der Waals surface area contributed by atoms with E-state index in [0.717, 1.165) is 0 Å². The maximum Gasteiger partial charge on any atom is 0.255 e. The normalized spacial score (nSPS) is 12.8. The summed E-state index contributed by atoms with van der Waals surface area (Å²) in [5.74, 6) is 0.782. The van der Waals surface area contributed by atoms with Gasteiger partial charge in [-0.25, -0.2) is 0 Å². The second kappa shape index (κ2) is 6.70. The maximum atomic E-state index is 12.0. The van der Waals surface area contributed by atoms with Crippen molar-refractivity contribution in [3.05, 3.63) is 29.8 Å². The lowest BCUT2D eigenvalue weighted by atomic mass is 10.2. The van der Waals surface area contributed by atoms with E-state index in [1.807, 2.05) is 26.8 Å². The molecule has 106 valence electrons. The van der Waals surface area contributed by atoms with Gasteiger partial charge in [0, 0.05) is 27.8 Å². The second-order valence-electron chi connectivity index (χ2n) is 5.12. The lowest BCUT2D eigenvalue weighted by Gasteiger charge is -2.17. The molecule has 1 amide bonds. The molecule has 0 saturated carbocycles. The topological polar surface area (TPSA) is 55.4 Å². The molecular weight excluding hydrogens is 262 g/mol. The minimum atomic E-state index is -0.963. The Kier molecular flexibility index (Phi) is 5.54. The van der Waals surface area contributed by atoms with Crippen LogP contribution in [0, 0.1) is 0 Å². The van der Waals surface area contributed by atoms with E-state index in [1.165, 1.54) is 7.11 Å². The van der Waals surface area contributed by atoms with Crippen molar-refractivity contribution < 1.29 is 13.7 Å². The number of carbonyl (C=O) groups is 1. The van der Waals surface area contributed by atoms with Crippen LogP contribution >= 0.6 is 0 Å². The van der Waals surface area contributed by atoms with Gasteiger partial charge in [0.05, 0.1) is 12.7 Å². The van der Waals surface area contributed by atoms with Crippen LogP contribution in [0.4, 0.5) is 0 Å². The number of methoxy groups -OCH3 is 1. The first-order valence-corrected chi connectivity index (χ1v) is 7.48. The van der Waals surface area contributed by atoms with Crippen LogP contribution in [0.5, 0.6) is 5.75 Å². The summed E-state index contributed by atoms with van der Waals surface area (Å²) < 4.78 is 16.7. The largest absolute Gasteiger partial charge is 0.496 e. The number of amides is 1. The summed E-state index contributed by atoms with van der Waals surface area (Å²) >= 11 is 0. The van der Waals surface area contributed by atoms with Crippen LogP contribution in [0.25, 0.3) is 0 Å². The molecule has 1 atom stereocenters. The Morgan fingerprint density at radius 1 is 1.32 bits per heavy atom. The number of ether oxygens (including phenoxy) is 1. The van der Waals surface area contributed by atoms with Crippen LogP contribution in [-0.4, -0.2) is 34.3 Å². The SMILES string of the molecule is COc1ccccc1C(=O)NCCS(=O)C(C)(C)C. The van der Waals surface area contributed by atoms with Crippen LogP contribution in [0.2, 0.25) is 0 Å². The Bertz CT molecular complexity index is 466. The van der Waals surface area contributed by atoms with Gasteiger partial charge in [-0.1, -0.05) is 12.1 Å². The zero-order chi connectivity index (χ0) is 14.5. The molecule has 1 aromatic rings. The van der Waals surface area contributed by atoms with Crippen LogP contribution in [0.15, 0.2) is 24.3 Å². The van der Waals surface area contributed by atoms with Gasteiger partial charge in [-0.3, -0.25) is 9.00 Å². The average molecular weight is 283 g/mol. The molecule has 0 aliphatic rings. The van der Waals surface area contributed by atoms with Gasteiger partial charge in [0.25, 0.3) is 5.91 Å². The lowest BCUT2D eigenvalue weighted by Crippen LogP contribution is -2.32. The Hall–Kier alpha value is -1.36. The Balaban J connectivity index is 2.55. The van der Waals surface area contributed by atoms with Gasteiger partial charge in [-0.05, 0) is 32.9 Å². The Morgan fingerprint density at radius 3 is 2.53 bits per heavy atom. The number of benzene rings is 1. The van der Waals surface area contributed by atoms with Gasteiger partial charge in [0.1, 0.15) is 5.75 Å². The summed E-state index contributed by atoms with van der Waals surface area (Å²) in [5, 5.41) is 2.76. The number of hydrogen-bond donors (Lipinski definition) is 1. The molecule has 0 aliphatic heterocycles. The zero-order valence-electron chi connectivity index (χ0n) is 11.9. The van der Waals surface area contributed by atoms with Crippen LogP contribution < -0.4 is 10.1 Å². The lowest BCUT2D eigenvalue weighted by molar-refractivity contribution is 0.0953. The van der Waals surface area contributed by atoms with E-state index in [0.29, 0.717) is 23.6 Å². The summed E-state index contributed by atoms with van der Waals surface area (Å²) in [5.41, 5.74) is 0.492. The molecule has 0 saturated heterocycles. The predicted octanol–water partition coefficient (Wildman–Crippen LogP) is 1.97. The summed E-state index contributed by atoms with van der Waals surface area (Å²) in [4.78, 5) is 12.0. The minimum absolute atomic E-state index is 0.205. The molecule has 0 aliphatic carbocycles. The fraction of sp³-hybridized carbons (Fsp3) is 0.500. The number of rotatable bonds is 5. The summed E-state index contributed by atoms with van der Waals surface area (Å²) in [6.45, 7) is 6.15. The van der Waals surface area contributed by atoms with Gasteiger partial charge in [0.2, 0.25) is 0 Å². The van der Waals surface area contributed by atoms with Gasteiger partial charge >= 0.3 is 0 Å². The van der Waals surface area contributed by atoms with Crippen molar-refractivity contribution in [2.24, 2.45) is 0 Å². The highest BCUT2D eigenvalue weighted by atomic mass is 32.2. The first kappa shape index (κ1) is 15.7. The fourth-order valence-electron chi connectivity index (χ4n) is 1.49. The highest BCUT2D eigenvalue weighted by molar-refractivity contribution is 7.86. The van der Waals surface area contributed by atoms with Gasteiger partial charge in [-0.15, -0.1) is 0 Å². The van der Waals surface area contributed by atoms with Crippen molar-refractivity contribution in [2.75, 3.05) is 19.4 Å². The highest BCUT2D eigenvalue weighted by Crippen LogP contribution is 2.16. The van der Waals surface area contributed by atoms with E-state index in [2.05, 4.69) is 5.32 Å². The summed E-state index contributed by atoms with van der Waals surface area (Å²) in [6, 6.07) is 7.03. The van der Waals surface area contributed by atoms with E-state index in [9.17, 15) is 9.00 Å². The molecule has 0 fully saturated rings. The Morgan fingerprint density at radius 2 is 1.95 bits per heavy atom. The molecule has 1 rings (SSSR count). The van der Waals surface area contributed by atoms with Crippen molar-refractivity contribution in [1.82, 2.24) is 5.32 Å². The van der Waals surface area contributed by atoms with Gasteiger partial charge in [-0.2, -0.15) is 0 Å². The van der Waals surface area contributed by atoms with E-state index in [4.69, 9.17) is 4.74 Å². The number of hydrogen-bond acceptors (Lipinski definition) is 3. The third-order valence-electron chi connectivity index (χ3n) is 2.61. The first-order chi connectivity index (χ1) is 8.86. The number of carbonyl (C=O) groups excluding carboxylic acids is 1. The molecule has 19 heavy (non-hydrogen) atoms. The monoisotopic (exact) mass is 283 g/mol. The fourth-order valence-corrected chi connectivity index (χ4v) is 2.39. The molecular formula is C14H21NO3S. The van der Waals surface area contributed by atoms with Crippen molar-refractivity contribution in [1.29, 1.82) is 0 Å². The predicted molar refractivity (Wildman–Crippen MR) is 78.1 cm³/mol. The summed E-state index contributed by atoms with van der Waals surface area (Å²) in [7, 11) is 0.565. The van der Waals surface area contributed by atoms with Crippen molar-refractivity contribution in [3.63, 3.8) is 0 Å². The molecule has 5 heteroatoms. The zero-order valence-corrected chi connectivity index (χ0v) is 12.7. The van der Waals surface area contributed by atoms with Crippen molar-refractivity contribution in [2.45, 2.75) is 25.5 Å². The Labute approximate surface area is 117 Å². The number of para-hydroxylation sites is 1. The molecule has 1 N–H and O–H groups in total. The molecule has 0 heterocycles. The molecule has 0 bridgehead atoms. The quantitative estimate of drug-likeness (QED) is 0.899. The molecule has 1 unspecified atom stereocenters. The van der Waals surface area contributed by atoms with E-state index < -0.39 is 10.8 Å². The molecule has 0 radical (unpaired) electrons.